The Morgan fingerprint density at radius 1 is 1.15 bits per heavy atom. The second kappa shape index (κ2) is 17.3. The van der Waals surface area contributed by atoms with Gasteiger partial charge in [0.2, 0.25) is 11.8 Å². The van der Waals surface area contributed by atoms with E-state index >= 15 is 0 Å². The number of nitrogens with zero attached hydrogens (tertiary/aromatic N) is 2. The highest BCUT2D eigenvalue weighted by Gasteiger charge is 2.77. The smallest absolute Gasteiger partial charge is 0.313 e. The molecule has 11 nitrogen and oxygen atoms in total. The van der Waals surface area contributed by atoms with E-state index in [9.17, 15) is 24.3 Å². The predicted octanol–water partition coefficient (Wildman–Crippen LogP) is 4.72. The summed E-state index contributed by atoms with van der Waals surface area (Å²) in [7, 11) is 1.50. The number of benzene rings is 2. The van der Waals surface area contributed by atoms with Gasteiger partial charge in [0.05, 0.1) is 30.6 Å². The SMILES string of the molecule is C=CCCC(=O)N[C@@H](COC)[C@@H](OC(=O)[C@@H]1[C@H]2O[C@@]3(CC2Br)[C@H](C(=O)N(CC=C)c2cc(C)ccc2C)N(CCCCO)C(=O)[C@@H]13)c1ccccc1. The van der Waals surface area contributed by atoms with E-state index in [1.54, 1.807) is 22.0 Å². The minimum Gasteiger partial charge on any atom is -0.455 e. The molecule has 3 saturated heterocycles. The molecule has 52 heavy (non-hydrogen) atoms. The van der Waals surface area contributed by atoms with Crippen LogP contribution in [-0.4, -0.2) is 95.7 Å². The number of hydrogen-bond acceptors (Lipinski definition) is 8. The zero-order valence-electron chi connectivity index (χ0n) is 30.2. The summed E-state index contributed by atoms with van der Waals surface area (Å²) in [6, 6.07) is 13.2. The molecule has 0 aliphatic carbocycles. The number of aryl methyl sites for hydroxylation is 2. The third kappa shape index (κ3) is 7.76. The molecule has 0 radical (unpaired) electrons. The van der Waals surface area contributed by atoms with Gasteiger partial charge in [0.1, 0.15) is 17.7 Å². The zero-order valence-corrected chi connectivity index (χ0v) is 31.8. The lowest BCUT2D eigenvalue weighted by molar-refractivity contribution is -0.163. The van der Waals surface area contributed by atoms with E-state index in [4.69, 9.17) is 14.2 Å². The number of carbonyl (C=O) groups excluding carboxylic acids is 4. The molecule has 0 saturated carbocycles. The molecule has 3 aliphatic rings. The van der Waals surface area contributed by atoms with Crippen molar-refractivity contribution in [3.05, 3.63) is 90.5 Å². The number of nitrogens with one attached hydrogen (secondary N) is 1. The first kappa shape index (κ1) is 39.4. The molecule has 12 heteroatoms. The van der Waals surface area contributed by atoms with Gasteiger partial charge in [-0.3, -0.25) is 19.2 Å². The molecular weight excluding hydrogens is 730 g/mol. The third-order valence-corrected chi connectivity index (χ3v) is 11.2. The Labute approximate surface area is 314 Å². The number of aliphatic hydroxyl groups is 1. The van der Waals surface area contributed by atoms with Gasteiger partial charge in [0.25, 0.3) is 5.91 Å². The van der Waals surface area contributed by atoms with Crippen LogP contribution in [0.1, 0.15) is 54.9 Å². The number of amides is 3. The number of fused-ring (bicyclic) bond motifs is 1. The van der Waals surface area contributed by atoms with Crippen LogP contribution in [0.15, 0.2) is 73.8 Å². The number of hydrogen-bond donors (Lipinski definition) is 2. The van der Waals surface area contributed by atoms with Crippen LogP contribution >= 0.6 is 15.9 Å². The average Bonchev–Trinajstić information content (AvgIpc) is 3.72. The average molecular weight is 781 g/mol. The number of rotatable bonds is 18. The Morgan fingerprint density at radius 2 is 1.90 bits per heavy atom. The predicted molar refractivity (Wildman–Crippen MR) is 201 cm³/mol. The second-order valence-electron chi connectivity index (χ2n) is 13.9. The van der Waals surface area contributed by atoms with Crippen molar-refractivity contribution in [3.8, 4) is 0 Å². The van der Waals surface area contributed by atoms with Crippen LogP contribution in [-0.2, 0) is 33.4 Å². The van der Waals surface area contributed by atoms with E-state index in [2.05, 4.69) is 34.4 Å². The second-order valence-corrected chi connectivity index (χ2v) is 15.1. The first-order valence-electron chi connectivity index (χ1n) is 17.9. The Bertz CT molecular complexity index is 1640. The number of carbonyl (C=O) groups is 4. The van der Waals surface area contributed by atoms with Gasteiger partial charge in [-0.1, -0.05) is 70.5 Å². The lowest BCUT2D eigenvalue weighted by Gasteiger charge is -2.37. The summed E-state index contributed by atoms with van der Waals surface area (Å²) in [6.45, 7) is 11.9. The number of aliphatic hydroxyl groups excluding tert-OH is 1. The Balaban J connectivity index is 1.53. The molecule has 3 fully saturated rings. The molecule has 2 N–H and O–H groups in total. The van der Waals surface area contributed by atoms with Gasteiger partial charge in [-0.25, -0.2) is 0 Å². The van der Waals surface area contributed by atoms with Gasteiger partial charge in [-0.2, -0.15) is 0 Å². The molecule has 3 amide bonds. The molecule has 0 aromatic heterocycles. The van der Waals surface area contributed by atoms with Gasteiger partial charge in [0.15, 0.2) is 0 Å². The van der Waals surface area contributed by atoms with Crippen molar-refractivity contribution in [3.63, 3.8) is 0 Å². The van der Waals surface area contributed by atoms with Gasteiger partial charge in [-0.05, 0) is 62.3 Å². The molecular formula is C40H50BrN3O8. The highest BCUT2D eigenvalue weighted by molar-refractivity contribution is 9.09. The summed E-state index contributed by atoms with van der Waals surface area (Å²) in [5.74, 6) is -3.63. The van der Waals surface area contributed by atoms with Crippen molar-refractivity contribution in [2.75, 3.05) is 38.3 Å². The number of esters is 1. The highest BCUT2D eigenvalue weighted by Crippen LogP contribution is 2.60. The molecule has 2 bridgehead atoms. The van der Waals surface area contributed by atoms with E-state index in [0.717, 1.165) is 11.1 Å². The Kier molecular flexibility index (Phi) is 13.1. The Morgan fingerprint density at radius 3 is 2.58 bits per heavy atom. The summed E-state index contributed by atoms with van der Waals surface area (Å²) in [6.07, 6.45) is 3.50. The fraction of sp³-hybridized carbons (Fsp3) is 0.500. The maximum atomic E-state index is 15.0. The molecule has 2 aromatic carbocycles. The number of anilines is 1. The lowest BCUT2D eigenvalue weighted by atomic mass is 9.70. The number of allylic oxidation sites excluding steroid dienone is 1. The van der Waals surface area contributed by atoms with Crippen LogP contribution in [0.2, 0.25) is 0 Å². The van der Waals surface area contributed by atoms with Crippen molar-refractivity contribution in [2.24, 2.45) is 11.8 Å². The third-order valence-electron chi connectivity index (χ3n) is 10.3. The number of alkyl halides is 1. The fourth-order valence-electron chi connectivity index (χ4n) is 8.03. The highest BCUT2D eigenvalue weighted by atomic mass is 79.9. The van der Waals surface area contributed by atoms with Gasteiger partial charge in [-0.15, -0.1) is 13.2 Å². The molecule has 8 atom stereocenters. The van der Waals surface area contributed by atoms with E-state index in [-0.39, 0.29) is 55.3 Å². The largest absolute Gasteiger partial charge is 0.455 e. The standard InChI is InChI=1S/C40H50BrN3O8/c1-6-8-16-31(46)42-29(24-50-5)34(27-14-10-9-11-15-27)51-39(49)32-33-37(47)44(20-12-13-21-45)36(40(33)23-28(41)35(32)52-40)38(48)43(19-7-2)30-22-25(3)17-18-26(30)4/h6-7,9-11,14-15,17-18,22,28-29,32-36,45H,1-2,8,12-13,16,19-21,23-24H2,3-5H3,(H,42,46)/t28?,29-,32-,33+,34-,35-,36-,40+/m0/s1. The van der Waals surface area contributed by atoms with Crippen LogP contribution in [0.5, 0.6) is 0 Å². The van der Waals surface area contributed by atoms with E-state index in [1.165, 1.54) is 7.11 Å². The first-order chi connectivity index (χ1) is 25.0. The van der Waals surface area contributed by atoms with Crippen molar-refractivity contribution in [2.45, 2.75) is 80.7 Å². The van der Waals surface area contributed by atoms with E-state index < -0.39 is 47.7 Å². The van der Waals surface area contributed by atoms with Crippen LogP contribution in [0.3, 0.4) is 0 Å². The van der Waals surface area contributed by atoms with Crippen molar-refractivity contribution >= 4 is 45.3 Å². The zero-order chi connectivity index (χ0) is 37.6. The van der Waals surface area contributed by atoms with Crippen molar-refractivity contribution in [1.82, 2.24) is 10.2 Å². The van der Waals surface area contributed by atoms with Crippen LogP contribution in [0.25, 0.3) is 0 Å². The minimum absolute atomic E-state index is 0.0529. The number of halogens is 1. The molecule has 3 heterocycles. The summed E-state index contributed by atoms with van der Waals surface area (Å²) in [4.78, 5) is 60.0. The number of likely N-dealkylation sites (tertiary alicyclic amines) is 1. The summed E-state index contributed by atoms with van der Waals surface area (Å²) < 4.78 is 18.6. The van der Waals surface area contributed by atoms with Gasteiger partial charge in [0, 0.05) is 43.7 Å². The van der Waals surface area contributed by atoms with Crippen LogP contribution in [0.4, 0.5) is 5.69 Å². The molecule has 280 valence electrons. The topological polar surface area (TPSA) is 135 Å². The summed E-state index contributed by atoms with van der Waals surface area (Å²) >= 11 is 3.75. The normalized spacial score (nSPS) is 25.7. The summed E-state index contributed by atoms with van der Waals surface area (Å²) in [5, 5.41) is 12.6. The maximum Gasteiger partial charge on any atom is 0.313 e. The quantitative estimate of drug-likeness (QED) is 0.0961. The number of methoxy groups -OCH3 is 1. The number of ether oxygens (including phenoxy) is 3. The first-order valence-corrected chi connectivity index (χ1v) is 18.8. The van der Waals surface area contributed by atoms with E-state index in [1.807, 2.05) is 62.4 Å². The molecule has 1 spiro atoms. The lowest BCUT2D eigenvalue weighted by Crippen LogP contribution is -2.57. The fourth-order valence-corrected chi connectivity index (χ4v) is 8.97. The minimum atomic E-state index is -1.32. The molecule has 5 rings (SSSR count). The van der Waals surface area contributed by atoms with Gasteiger partial charge >= 0.3 is 5.97 Å². The monoisotopic (exact) mass is 779 g/mol. The molecule has 2 aromatic rings. The van der Waals surface area contributed by atoms with Crippen LogP contribution < -0.4 is 10.2 Å². The van der Waals surface area contributed by atoms with Crippen molar-refractivity contribution < 1.29 is 38.5 Å². The van der Waals surface area contributed by atoms with Crippen LogP contribution in [0, 0.1) is 25.7 Å². The summed E-state index contributed by atoms with van der Waals surface area (Å²) in [5.41, 5.74) is 1.88. The van der Waals surface area contributed by atoms with Crippen molar-refractivity contribution in [1.29, 1.82) is 0 Å². The molecule has 1 unspecified atom stereocenters. The molecule has 3 aliphatic heterocycles. The van der Waals surface area contributed by atoms with E-state index in [0.29, 0.717) is 36.9 Å². The van der Waals surface area contributed by atoms with Gasteiger partial charge < -0.3 is 34.4 Å². The maximum absolute atomic E-state index is 15.0. The number of unbranched alkanes of at least 4 members (excludes halogenated alkanes) is 1. The Hall–Kier alpha value is -3.84.